The number of nitriles is 1. The number of aryl methyl sites for hydroxylation is 1. The second kappa shape index (κ2) is 5.72. The number of sulfonamides is 1. The van der Waals surface area contributed by atoms with Crippen molar-refractivity contribution in [3.05, 3.63) is 58.4 Å². The monoisotopic (exact) mass is 324 g/mol. The van der Waals surface area contributed by atoms with Crippen LogP contribution >= 0.6 is 11.6 Å². The van der Waals surface area contributed by atoms with Crippen molar-refractivity contribution in [2.45, 2.75) is 11.8 Å². The smallest absolute Gasteiger partial charge is 0.261 e. The molecule has 21 heavy (non-hydrogen) atoms. The van der Waals surface area contributed by atoms with Crippen molar-refractivity contribution in [3.63, 3.8) is 0 Å². The zero-order chi connectivity index (χ0) is 15.6. The van der Waals surface area contributed by atoms with Crippen molar-refractivity contribution in [2.24, 2.45) is 0 Å². The van der Waals surface area contributed by atoms with Crippen LogP contribution in [0.4, 0.5) is 10.1 Å². The van der Waals surface area contributed by atoms with E-state index in [1.807, 2.05) is 0 Å². The van der Waals surface area contributed by atoms with E-state index in [0.717, 1.165) is 18.2 Å². The van der Waals surface area contributed by atoms with Gasteiger partial charge in [0.1, 0.15) is 11.9 Å². The van der Waals surface area contributed by atoms with Crippen molar-refractivity contribution in [1.82, 2.24) is 0 Å². The van der Waals surface area contributed by atoms with Crippen LogP contribution < -0.4 is 4.72 Å². The van der Waals surface area contributed by atoms with Crippen LogP contribution in [0.3, 0.4) is 0 Å². The Kier molecular flexibility index (Phi) is 4.16. The van der Waals surface area contributed by atoms with Gasteiger partial charge in [0.2, 0.25) is 0 Å². The maximum absolute atomic E-state index is 13.2. The minimum atomic E-state index is -3.91. The van der Waals surface area contributed by atoms with Gasteiger partial charge >= 0.3 is 0 Å². The third kappa shape index (κ3) is 3.32. The number of anilines is 1. The Bertz CT molecular complexity index is 845. The maximum Gasteiger partial charge on any atom is 0.261 e. The second-order valence-electron chi connectivity index (χ2n) is 4.32. The Morgan fingerprint density at radius 3 is 2.57 bits per heavy atom. The molecule has 4 nitrogen and oxygen atoms in total. The van der Waals surface area contributed by atoms with Crippen molar-refractivity contribution in [1.29, 1.82) is 5.26 Å². The molecule has 0 aliphatic carbocycles. The molecule has 2 aromatic rings. The minimum Gasteiger partial charge on any atom is -0.279 e. The lowest BCUT2D eigenvalue weighted by Gasteiger charge is -2.11. The molecule has 2 aromatic carbocycles. The highest BCUT2D eigenvalue weighted by Gasteiger charge is 2.17. The molecule has 108 valence electrons. The first-order valence-electron chi connectivity index (χ1n) is 5.82. The first kappa shape index (κ1) is 15.3. The number of rotatable bonds is 3. The van der Waals surface area contributed by atoms with Gasteiger partial charge in [-0.1, -0.05) is 11.6 Å². The molecule has 0 aliphatic heterocycles. The van der Waals surface area contributed by atoms with Crippen LogP contribution in [0.5, 0.6) is 0 Å². The topological polar surface area (TPSA) is 70.0 Å². The van der Waals surface area contributed by atoms with E-state index < -0.39 is 15.8 Å². The lowest BCUT2D eigenvalue weighted by atomic mass is 10.2. The minimum absolute atomic E-state index is 0.185. The van der Waals surface area contributed by atoms with Crippen LogP contribution in [-0.2, 0) is 10.0 Å². The number of benzene rings is 2. The fourth-order valence-corrected chi connectivity index (χ4v) is 3.09. The normalized spacial score (nSPS) is 11.0. The number of hydrogen-bond acceptors (Lipinski definition) is 3. The molecular formula is C14H10ClFN2O2S. The van der Waals surface area contributed by atoms with Crippen LogP contribution in [0.2, 0.25) is 5.02 Å². The quantitative estimate of drug-likeness (QED) is 0.940. The van der Waals surface area contributed by atoms with E-state index in [1.54, 1.807) is 25.1 Å². The number of nitrogens with one attached hydrogen (secondary N) is 1. The van der Waals surface area contributed by atoms with Crippen molar-refractivity contribution < 1.29 is 12.8 Å². The van der Waals surface area contributed by atoms with Gasteiger partial charge in [0.25, 0.3) is 10.0 Å². The van der Waals surface area contributed by atoms with Gasteiger partial charge < -0.3 is 0 Å². The van der Waals surface area contributed by atoms with Crippen LogP contribution in [0, 0.1) is 24.1 Å². The summed E-state index contributed by atoms with van der Waals surface area (Å²) in [5.41, 5.74) is 0.682. The molecule has 0 aliphatic rings. The Morgan fingerprint density at radius 2 is 1.95 bits per heavy atom. The molecule has 0 unspecified atom stereocenters. The fraction of sp³-hybridized carbons (Fsp3) is 0.0714. The summed E-state index contributed by atoms with van der Waals surface area (Å²) in [6.45, 7) is 1.70. The molecule has 1 N–H and O–H groups in total. The Labute approximate surface area is 126 Å². The van der Waals surface area contributed by atoms with Gasteiger partial charge in [-0.25, -0.2) is 12.8 Å². The van der Waals surface area contributed by atoms with Crippen molar-refractivity contribution in [3.8, 4) is 6.07 Å². The predicted molar refractivity (Wildman–Crippen MR) is 78.1 cm³/mol. The molecule has 0 saturated carbocycles. The summed E-state index contributed by atoms with van der Waals surface area (Å²) >= 11 is 5.81. The molecule has 0 amide bonds. The van der Waals surface area contributed by atoms with Gasteiger partial charge in [0.05, 0.1) is 16.1 Å². The molecule has 0 spiro atoms. The van der Waals surface area contributed by atoms with E-state index in [1.165, 1.54) is 6.07 Å². The Balaban J connectivity index is 2.41. The first-order chi connectivity index (χ1) is 9.83. The molecule has 0 bridgehead atoms. The van der Waals surface area contributed by atoms with Gasteiger partial charge in [-0.15, -0.1) is 0 Å². The molecule has 0 aromatic heterocycles. The van der Waals surface area contributed by atoms with Crippen molar-refractivity contribution >= 4 is 27.3 Å². The summed E-state index contributed by atoms with van der Waals surface area (Å²) in [7, 11) is -3.91. The van der Waals surface area contributed by atoms with Crippen LogP contribution in [0.25, 0.3) is 0 Å². The number of hydrogen-bond donors (Lipinski definition) is 1. The van der Waals surface area contributed by atoms with Crippen molar-refractivity contribution in [2.75, 3.05) is 4.72 Å². The van der Waals surface area contributed by atoms with Gasteiger partial charge in [0, 0.05) is 5.02 Å². The van der Waals surface area contributed by atoms with Gasteiger partial charge in [0.15, 0.2) is 0 Å². The van der Waals surface area contributed by atoms with E-state index in [0.29, 0.717) is 16.3 Å². The third-order valence-corrected chi connectivity index (χ3v) is 4.40. The molecule has 0 heterocycles. The number of nitrogens with zero attached hydrogens (tertiary/aromatic N) is 1. The van der Waals surface area contributed by atoms with Gasteiger partial charge in [-0.3, -0.25) is 4.72 Å². The molecule has 0 radical (unpaired) electrons. The highest BCUT2D eigenvalue weighted by Crippen LogP contribution is 2.23. The lowest BCUT2D eigenvalue weighted by molar-refractivity contribution is 0.599. The molecule has 7 heteroatoms. The Hall–Kier alpha value is -2.10. The Morgan fingerprint density at radius 1 is 1.24 bits per heavy atom. The second-order valence-corrected chi connectivity index (χ2v) is 6.44. The maximum atomic E-state index is 13.2. The molecule has 0 fully saturated rings. The zero-order valence-electron chi connectivity index (χ0n) is 10.9. The highest BCUT2D eigenvalue weighted by atomic mass is 35.5. The first-order valence-corrected chi connectivity index (χ1v) is 7.68. The van der Waals surface area contributed by atoms with E-state index in [-0.39, 0.29) is 10.5 Å². The van der Waals surface area contributed by atoms with Crippen LogP contribution in [0.1, 0.15) is 11.1 Å². The van der Waals surface area contributed by atoms with E-state index in [9.17, 15) is 12.8 Å². The predicted octanol–water partition coefficient (Wildman–Crippen LogP) is 3.46. The third-order valence-electron chi connectivity index (χ3n) is 2.80. The summed E-state index contributed by atoms with van der Waals surface area (Å²) < 4.78 is 40.1. The molecule has 2 rings (SSSR count). The SMILES string of the molecule is Cc1cc(Cl)ccc1NS(=O)(=O)c1ccc(F)c(C#N)c1. The average Bonchev–Trinajstić information content (AvgIpc) is 2.42. The number of halogens is 2. The van der Waals surface area contributed by atoms with Crippen LogP contribution in [-0.4, -0.2) is 8.42 Å². The van der Waals surface area contributed by atoms with Gasteiger partial charge in [-0.05, 0) is 48.9 Å². The average molecular weight is 325 g/mol. The highest BCUT2D eigenvalue weighted by molar-refractivity contribution is 7.92. The summed E-state index contributed by atoms with van der Waals surface area (Å²) in [6, 6.07) is 9.34. The summed E-state index contributed by atoms with van der Waals surface area (Å²) in [5.74, 6) is -0.765. The zero-order valence-corrected chi connectivity index (χ0v) is 12.5. The fourth-order valence-electron chi connectivity index (χ4n) is 1.70. The largest absolute Gasteiger partial charge is 0.279 e. The van der Waals surface area contributed by atoms with Crippen LogP contribution in [0.15, 0.2) is 41.3 Å². The molecule has 0 saturated heterocycles. The van der Waals surface area contributed by atoms with E-state index in [4.69, 9.17) is 16.9 Å². The van der Waals surface area contributed by atoms with E-state index in [2.05, 4.69) is 4.72 Å². The molecular weight excluding hydrogens is 315 g/mol. The summed E-state index contributed by atoms with van der Waals surface area (Å²) in [4.78, 5) is -0.185. The lowest BCUT2D eigenvalue weighted by Crippen LogP contribution is -2.14. The summed E-state index contributed by atoms with van der Waals surface area (Å²) in [5, 5.41) is 9.24. The van der Waals surface area contributed by atoms with Gasteiger partial charge in [-0.2, -0.15) is 5.26 Å². The van der Waals surface area contributed by atoms with E-state index >= 15 is 0 Å². The molecule has 0 atom stereocenters. The standard InChI is InChI=1S/C14H10ClFN2O2S/c1-9-6-11(15)2-5-14(9)18-21(19,20)12-3-4-13(16)10(7-12)8-17/h2-7,18H,1H3. The summed E-state index contributed by atoms with van der Waals surface area (Å²) in [6.07, 6.45) is 0.